The van der Waals surface area contributed by atoms with Crippen LogP contribution in [0.5, 0.6) is 0 Å². The van der Waals surface area contributed by atoms with Crippen LogP contribution in [0.4, 0.5) is 5.82 Å². The zero-order valence-electron chi connectivity index (χ0n) is 14.7. The topological polar surface area (TPSA) is 84.4 Å². The molecule has 7 nitrogen and oxygen atoms in total. The maximum Gasteiger partial charge on any atom is 0.215 e. The number of thiophene rings is 1. The second-order valence-corrected chi connectivity index (χ2v) is 9.18. The van der Waals surface area contributed by atoms with Crippen LogP contribution in [-0.4, -0.2) is 61.3 Å². The van der Waals surface area contributed by atoms with Gasteiger partial charge in [0.05, 0.1) is 29.4 Å². The van der Waals surface area contributed by atoms with Gasteiger partial charge in [-0.25, -0.2) is 18.4 Å². The molecule has 142 valence electrons. The maximum absolute atomic E-state index is 12.5. The highest BCUT2D eigenvalue weighted by Crippen LogP contribution is 2.27. The maximum atomic E-state index is 12.5. The van der Waals surface area contributed by atoms with Crippen molar-refractivity contribution in [3.63, 3.8) is 0 Å². The van der Waals surface area contributed by atoms with Gasteiger partial charge < -0.3 is 10.1 Å². The molecule has 0 spiro atoms. The molecule has 27 heavy (non-hydrogen) atoms. The number of rotatable bonds is 6. The Morgan fingerprint density at radius 3 is 2.70 bits per heavy atom. The fourth-order valence-corrected chi connectivity index (χ4v) is 4.96. The molecule has 1 N–H and O–H groups in total. The van der Waals surface area contributed by atoms with Gasteiger partial charge in [0.25, 0.3) is 0 Å². The Bertz CT molecular complexity index is 1020. The molecular formula is C18H20N4O3S2. The van der Waals surface area contributed by atoms with Gasteiger partial charge in [0, 0.05) is 25.0 Å². The molecule has 0 bridgehead atoms. The van der Waals surface area contributed by atoms with E-state index in [0.717, 1.165) is 15.8 Å². The lowest BCUT2D eigenvalue weighted by atomic mass is 10.2. The molecule has 2 aromatic heterocycles. The molecule has 1 aromatic carbocycles. The predicted molar refractivity (Wildman–Crippen MR) is 108 cm³/mol. The third kappa shape index (κ3) is 4.11. The second kappa shape index (κ2) is 7.89. The molecule has 3 heterocycles. The van der Waals surface area contributed by atoms with Crippen LogP contribution in [0.1, 0.15) is 0 Å². The smallest absolute Gasteiger partial charge is 0.215 e. The van der Waals surface area contributed by atoms with Gasteiger partial charge in [0.15, 0.2) is 5.82 Å². The fourth-order valence-electron chi connectivity index (χ4n) is 2.98. The van der Waals surface area contributed by atoms with E-state index in [1.54, 1.807) is 11.3 Å². The number of anilines is 1. The molecule has 0 atom stereocenters. The number of ether oxygens (including phenoxy) is 1. The van der Waals surface area contributed by atoms with E-state index in [2.05, 4.69) is 15.3 Å². The van der Waals surface area contributed by atoms with E-state index in [0.29, 0.717) is 37.9 Å². The number of hydrogen-bond acceptors (Lipinski definition) is 7. The fraction of sp³-hybridized carbons (Fsp3) is 0.333. The minimum atomic E-state index is -3.31. The third-order valence-electron chi connectivity index (χ3n) is 4.36. The Balaban J connectivity index is 1.54. The minimum absolute atomic E-state index is 0.0136. The van der Waals surface area contributed by atoms with Crippen molar-refractivity contribution in [2.45, 2.75) is 0 Å². The van der Waals surface area contributed by atoms with E-state index in [-0.39, 0.29) is 12.3 Å². The SMILES string of the molecule is O=S(=O)(CCNc1nc(-c2cccs2)nc2ccccc12)N1CCOCC1. The molecule has 9 heteroatoms. The molecular weight excluding hydrogens is 384 g/mol. The van der Waals surface area contributed by atoms with Crippen LogP contribution in [0, 0.1) is 0 Å². The van der Waals surface area contributed by atoms with Gasteiger partial charge in [0.2, 0.25) is 10.0 Å². The lowest BCUT2D eigenvalue weighted by Crippen LogP contribution is -2.42. The second-order valence-electron chi connectivity index (χ2n) is 6.14. The quantitative estimate of drug-likeness (QED) is 0.679. The monoisotopic (exact) mass is 404 g/mol. The number of para-hydroxylation sites is 1. The Labute approximate surface area is 162 Å². The van der Waals surface area contributed by atoms with E-state index in [1.807, 2.05) is 41.8 Å². The first-order chi connectivity index (χ1) is 13.1. The highest BCUT2D eigenvalue weighted by Gasteiger charge is 2.23. The van der Waals surface area contributed by atoms with Crippen LogP contribution in [0.15, 0.2) is 41.8 Å². The van der Waals surface area contributed by atoms with Crippen molar-refractivity contribution in [1.82, 2.24) is 14.3 Å². The zero-order valence-corrected chi connectivity index (χ0v) is 16.3. The first-order valence-corrected chi connectivity index (χ1v) is 11.2. The van der Waals surface area contributed by atoms with Crippen LogP contribution < -0.4 is 5.32 Å². The summed E-state index contributed by atoms with van der Waals surface area (Å²) >= 11 is 1.57. The van der Waals surface area contributed by atoms with Gasteiger partial charge in [-0.05, 0) is 23.6 Å². The van der Waals surface area contributed by atoms with Crippen molar-refractivity contribution in [1.29, 1.82) is 0 Å². The van der Waals surface area contributed by atoms with Crippen molar-refractivity contribution in [3.8, 4) is 10.7 Å². The number of fused-ring (bicyclic) bond motifs is 1. The van der Waals surface area contributed by atoms with Crippen molar-refractivity contribution in [2.75, 3.05) is 43.9 Å². The number of nitrogens with one attached hydrogen (secondary N) is 1. The van der Waals surface area contributed by atoms with E-state index in [4.69, 9.17) is 4.74 Å². The molecule has 3 aromatic rings. The molecule has 1 aliphatic heterocycles. The van der Waals surface area contributed by atoms with Crippen LogP contribution in [0.25, 0.3) is 21.6 Å². The summed E-state index contributed by atoms with van der Waals surface area (Å²) in [6.45, 7) is 2.02. The molecule has 1 aliphatic rings. The van der Waals surface area contributed by atoms with Gasteiger partial charge >= 0.3 is 0 Å². The third-order valence-corrected chi connectivity index (χ3v) is 7.10. The van der Waals surface area contributed by atoms with E-state index in [9.17, 15) is 8.42 Å². The average Bonchev–Trinajstić information content (AvgIpc) is 3.23. The van der Waals surface area contributed by atoms with Gasteiger partial charge in [-0.15, -0.1) is 11.3 Å². The van der Waals surface area contributed by atoms with Crippen LogP contribution in [0.3, 0.4) is 0 Å². The molecule has 0 unspecified atom stereocenters. The summed E-state index contributed by atoms with van der Waals surface area (Å²) in [4.78, 5) is 10.2. The largest absolute Gasteiger partial charge is 0.379 e. The highest BCUT2D eigenvalue weighted by atomic mass is 32.2. The summed E-state index contributed by atoms with van der Waals surface area (Å²) in [6.07, 6.45) is 0. The number of sulfonamides is 1. The summed E-state index contributed by atoms with van der Waals surface area (Å²) in [5.41, 5.74) is 0.828. The summed E-state index contributed by atoms with van der Waals surface area (Å²) in [5, 5.41) is 6.06. The first kappa shape index (κ1) is 18.3. The van der Waals surface area contributed by atoms with Crippen LogP contribution >= 0.6 is 11.3 Å². The first-order valence-electron chi connectivity index (χ1n) is 8.73. The Morgan fingerprint density at radius 2 is 1.93 bits per heavy atom. The van der Waals surface area contributed by atoms with E-state index < -0.39 is 10.0 Å². The highest BCUT2D eigenvalue weighted by molar-refractivity contribution is 7.89. The zero-order chi connectivity index (χ0) is 18.7. The normalized spacial score (nSPS) is 15.9. The molecule has 1 fully saturated rings. The van der Waals surface area contributed by atoms with Gasteiger partial charge in [0.1, 0.15) is 5.82 Å². The molecule has 0 aliphatic carbocycles. The van der Waals surface area contributed by atoms with Crippen molar-refractivity contribution >= 4 is 38.1 Å². The average molecular weight is 405 g/mol. The molecule has 0 amide bonds. The van der Waals surface area contributed by atoms with Crippen LogP contribution in [-0.2, 0) is 14.8 Å². The molecule has 0 saturated carbocycles. The Hall–Kier alpha value is -2.07. The summed E-state index contributed by atoms with van der Waals surface area (Å²) in [6, 6.07) is 11.7. The Morgan fingerprint density at radius 1 is 1.11 bits per heavy atom. The molecule has 1 saturated heterocycles. The number of morpholine rings is 1. The standard InChI is InChI=1S/C18H20N4O3S2/c23-27(24,22-8-10-25-11-9-22)13-7-19-17-14-4-1-2-5-15(14)20-18(21-17)16-6-3-12-26-16/h1-6,12H,7-11,13H2,(H,19,20,21). The minimum Gasteiger partial charge on any atom is -0.379 e. The van der Waals surface area contributed by atoms with E-state index in [1.165, 1.54) is 4.31 Å². The number of nitrogens with zero attached hydrogens (tertiary/aromatic N) is 3. The van der Waals surface area contributed by atoms with Gasteiger partial charge in [-0.2, -0.15) is 4.31 Å². The lowest BCUT2D eigenvalue weighted by Gasteiger charge is -2.26. The van der Waals surface area contributed by atoms with Crippen LogP contribution in [0.2, 0.25) is 0 Å². The van der Waals surface area contributed by atoms with E-state index >= 15 is 0 Å². The lowest BCUT2D eigenvalue weighted by molar-refractivity contribution is 0.0731. The number of hydrogen-bond donors (Lipinski definition) is 1. The summed E-state index contributed by atoms with van der Waals surface area (Å²) in [7, 11) is -3.31. The predicted octanol–water partition coefficient (Wildman–Crippen LogP) is 2.43. The molecule has 4 rings (SSSR count). The summed E-state index contributed by atoms with van der Waals surface area (Å²) < 4.78 is 31.7. The van der Waals surface area contributed by atoms with Crippen molar-refractivity contribution in [3.05, 3.63) is 41.8 Å². The van der Waals surface area contributed by atoms with Gasteiger partial charge in [-0.3, -0.25) is 0 Å². The van der Waals surface area contributed by atoms with Gasteiger partial charge in [-0.1, -0.05) is 18.2 Å². The number of aromatic nitrogens is 2. The number of benzene rings is 1. The van der Waals surface area contributed by atoms with Crippen molar-refractivity contribution < 1.29 is 13.2 Å². The molecule has 0 radical (unpaired) electrons. The summed E-state index contributed by atoms with van der Waals surface area (Å²) in [5.74, 6) is 1.31. The Kier molecular flexibility index (Phi) is 5.35. The van der Waals surface area contributed by atoms with Crippen molar-refractivity contribution in [2.24, 2.45) is 0 Å².